The third-order valence-electron chi connectivity index (χ3n) is 3.33. The Morgan fingerprint density at radius 1 is 1.17 bits per heavy atom. The highest BCUT2D eigenvalue weighted by atomic mass is 35.5. The summed E-state index contributed by atoms with van der Waals surface area (Å²) in [5.74, 6) is -0.155. The van der Waals surface area contributed by atoms with Gasteiger partial charge in [-0.05, 0) is 49.2 Å². The van der Waals surface area contributed by atoms with Crippen LogP contribution in [0.5, 0.6) is 0 Å². The van der Waals surface area contributed by atoms with Crippen LogP contribution >= 0.6 is 11.6 Å². The van der Waals surface area contributed by atoms with Crippen molar-refractivity contribution >= 4 is 33.2 Å². The zero-order valence-electron chi connectivity index (χ0n) is 12.0. The first-order chi connectivity index (χ1) is 11.0. The molecule has 2 N–H and O–H groups in total. The zero-order valence-corrected chi connectivity index (χ0v) is 13.6. The monoisotopic (exact) mass is 351 g/mol. The largest absolute Gasteiger partial charge is 0.349 e. The minimum Gasteiger partial charge on any atom is -0.349 e. The van der Waals surface area contributed by atoms with Crippen LogP contribution in [0.1, 0.15) is 23.2 Å². The number of amides is 1. The smallest absolute Gasteiger partial charge is 0.264 e. The van der Waals surface area contributed by atoms with Gasteiger partial charge < -0.3 is 5.32 Å². The van der Waals surface area contributed by atoms with Crippen molar-refractivity contribution in [3.8, 4) is 0 Å². The molecule has 1 aromatic carbocycles. The number of pyridine rings is 1. The highest BCUT2D eigenvalue weighted by Gasteiger charge is 2.24. The van der Waals surface area contributed by atoms with Gasteiger partial charge in [0, 0.05) is 23.5 Å². The van der Waals surface area contributed by atoms with E-state index in [9.17, 15) is 13.2 Å². The Kier molecular flexibility index (Phi) is 4.23. The van der Waals surface area contributed by atoms with Crippen molar-refractivity contribution < 1.29 is 13.2 Å². The molecule has 2 aromatic rings. The molecular weight excluding hydrogens is 338 g/mol. The van der Waals surface area contributed by atoms with Crippen molar-refractivity contribution in [1.29, 1.82) is 0 Å². The van der Waals surface area contributed by atoms with E-state index in [0.717, 1.165) is 12.8 Å². The van der Waals surface area contributed by atoms with Crippen LogP contribution in [0.4, 0.5) is 5.69 Å². The number of benzene rings is 1. The van der Waals surface area contributed by atoms with Crippen molar-refractivity contribution in [2.45, 2.75) is 23.8 Å². The molecule has 6 nitrogen and oxygen atoms in total. The van der Waals surface area contributed by atoms with Gasteiger partial charge >= 0.3 is 0 Å². The number of hydrogen-bond acceptors (Lipinski definition) is 4. The molecule has 23 heavy (non-hydrogen) atoms. The number of rotatable bonds is 5. The van der Waals surface area contributed by atoms with Gasteiger partial charge in [-0.1, -0.05) is 11.6 Å². The second-order valence-corrected chi connectivity index (χ2v) is 7.23. The highest BCUT2D eigenvalue weighted by Crippen LogP contribution is 2.22. The first kappa shape index (κ1) is 15.8. The number of halogens is 1. The Morgan fingerprint density at radius 3 is 2.48 bits per heavy atom. The van der Waals surface area contributed by atoms with Gasteiger partial charge in [0.15, 0.2) is 0 Å². The number of carbonyl (C=O) groups is 1. The molecule has 0 radical (unpaired) electrons. The lowest BCUT2D eigenvalue weighted by Gasteiger charge is -2.09. The lowest BCUT2D eigenvalue weighted by atomic mass is 10.2. The molecule has 120 valence electrons. The molecule has 0 saturated heterocycles. The summed E-state index contributed by atoms with van der Waals surface area (Å²) < 4.78 is 27.0. The maximum Gasteiger partial charge on any atom is 0.264 e. The molecule has 0 atom stereocenters. The van der Waals surface area contributed by atoms with E-state index in [0.29, 0.717) is 11.3 Å². The SMILES string of the molecule is O=C(NC1CC1)c1ccc(NS(=O)(=O)c2cccnc2Cl)cc1. The summed E-state index contributed by atoms with van der Waals surface area (Å²) in [5.41, 5.74) is 0.826. The van der Waals surface area contributed by atoms with Crippen molar-refractivity contribution in [3.63, 3.8) is 0 Å². The van der Waals surface area contributed by atoms with Crippen LogP contribution in [-0.4, -0.2) is 25.4 Å². The normalized spacial score (nSPS) is 14.3. The van der Waals surface area contributed by atoms with Crippen LogP contribution in [0.3, 0.4) is 0 Å². The summed E-state index contributed by atoms with van der Waals surface area (Å²) in [4.78, 5) is 15.5. The summed E-state index contributed by atoms with van der Waals surface area (Å²) >= 11 is 5.81. The number of nitrogens with zero attached hydrogens (tertiary/aromatic N) is 1. The van der Waals surface area contributed by atoms with Gasteiger partial charge in [0.25, 0.3) is 15.9 Å². The fourth-order valence-electron chi connectivity index (χ4n) is 1.97. The van der Waals surface area contributed by atoms with Gasteiger partial charge in [0.1, 0.15) is 10.0 Å². The van der Waals surface area contributed by atoms with E-state index in [1.807, 2.05) is 0 Å². The molecular formula is C15H14ClN3O3S. The summed E-state index contributed by atoms with van der Waals surface area (Å²) in [6, 6.07) is 9.34. The molecule has 3 rings (SSSR count). The fraction of sp³-hybridized carbons (Fsp3) is 0.200. The number of aromatic nitrogens is 1. The molecule has 1 heterocycles. The van der Waals surface area contributed by atoms with Crippen LogP contribution in [0.15, 0.2) is 47.5 Å². The molecule has 1 aliphatic rings. The summed E-state index contributed by atoms with van der Waals surface area (Å²) in [6.07, 6.45) is 3.43. The van der Waals surface area contributed by atoms with E-state index in [-0.39, 0.29) is 22.0 Å². The Balaban J connectivity index is 1.75. The van der Waals surface area contributed by atoms with E-state index in [1.165, 1.54) is 30.5 Å². The van der Waals surface area contributed by atoms with Crippen LogP contribution in [0.2, 0.25) is 5.15 Å². The van der Waals surface area contributed by atoms with Crippen molar-refractivity contribution in [2.75, 3.05) is 4.72 Å². The Bertz CT molecular complexity index is 833. The number of sulfonamides is 1. The average Bonchev–Trinajstić information content (AvgIpc) is 3.31. The predicted octanol–water partition coefficient (Wildman–Crippen LogP) is 2.43. The van der Waals surface area contributed by atoms with Crippen LogP contribution in [-0.2, 0) is 10.0 Å². The number of nitrogens with one attached hydrogen (secondary N) is 2. The molecule has 1 fully saturated rings. The maximum absolute atomic E-state index is 12.3. The third kappa shape index (κ3) is 3.80. The quantitative estimate of drug-likeness (QED) is 0.810. The molecule has 0 unspecified atom stereocenters. The average molecular weight is 352 g/mol. The molecule has 1 amide bonds. The van der Waals surface area contributed by atoms with Crippen molar-refractivity contribution in [2.24, 2.45) is 0 Å². The molecule has 1 aliphatic carbocycles. The number of carbonyl (C=O) groups excluding carboxylic acids is 1. The predicted molar refractivity (Wildman–Crippen MR) is 87.0 cm³/mol. The highest BCUT2D eigenvalue weighted by molar-refractivity contribution is 7.92. The second-order valence-electron chi connectivity index (χ2n) is 5.22. The molecule has 8 heteroatoms. The van der Waals surface area contributed by atoms with Crippen LogP contribution in [0.25, 0.3) is 0 Å². The standard InChI is InChI=1S/C15H14ClN3O3S/c16-14-13(2-1-9-17-14)23(21,22)19-12-5-3-10(4-6-12)15(20)18-11-7-8-11/h1-6,9,11,19H,7-8H2,(H,18,20). The van der Waals surface area contributed by atoms with Gasteiger partial charge in [0.05, 0.1) is 0 Å². The van der Waals surface area contributed by atoms with E-state index < -0.39 is 10.0 Å². The van der Waals surface area contributed by atoms with Crippen LogP contribution in [0, 0.1) is 0 Å². The minimum atomic E-state index is -3.83. The minimum absolute atomic E-state index is 0.0968. The van der Waals surface area contributed by atoms with Crippen molar-refractivity contribution in [1.82, 2.24) is 10.3 Å². The van der Waals surface area contributed by atoms with E-state index in [1.54, 1.807) is 12.1 Å². The zero-order chi connectivity index (χ0) is 16.4. The first-order valence-corrected chi connectivity index (χ1v) is 8.86. The number of hydrogen-bond donors (Lipinski definition) is 2. The summed E-state index contributed by atoms with van der Waals surface area (Å²) in [5, 5.41) is 2.77. The van der Waals surface area contributed by atoms with E-state index in [2.05, 4.69) is 15.0 Å². The van der Waals surface area contributed by atoms with E-state index in [4.69, 9.17) is 11.6 Å². The van der Waals surface area contributed by atoms with E-state index >= 15 is 0 Å². The molecule has 0 aliphatic heterocycles. The first-order valence-electron chi connectivity index (χ1n) is 7.00. The summed E-state index contributed by atoms with van der Waals surface area (Å²) in [7, 11) is -3.83. The molecule has 0 spiro atoms. The third-order valence-corrected chi connectivity index (χ3v) is 5.15. The lowest BCUT2D eigenvalue weighted by Crippen LogP contribution is -2.25. The van der Waals surface area contributed by atoms with Gasteiger partial charge in [-0.15, -0.1) is 0 Å². The Labute approximate surface area is 138 Å². The van der Waals surface area contributed by atoms with Crippen molar-refractivity contribution in [3.05, 3.63) is 53.3 Å². The van der Waals surface area contributed by atoms with Crippen LogP contribution < -0.4 is 10.0 Å². The van der Waals surface area contributed by atoms with Gasteiger partial charge in [-0.2, -0.15) is 0 Å². The second kappa shape index (κ2) is 6.17. The number of anilines is 1. The molecule has 1 aromatic heterocycles. The fourth-order valence-corrected chi connectivity index (χ4v) is 3.48. The van der Waals surface area contributed by atoms with Gasteiger partial charge in [-0.25, -0.2) is 13.4 Å². The Hall–Kier alpha value is -2.12. The Morgan fingerprint density at radius 2 is 1.87 bits per heavy atom. The lowest BCUT2D eigenvalue weighted by molar-refractivity contribution is 0.0951. The topological polar surface area (TPSA) is 88.2 Å². The molecule has 0 bridgehead atoms. The maximum atomic E-state index is 12.3. The van der Waals surface area contributed by atoms with Gasteiger partial charge in [-0.3, -0.25) is 9.52 Å². The van der Waals surface area contributed by atoms with Gasteiger partial charge in [0.2, 0.25) is 0 Å². The summed E-state index contributed by atoms with van der Waals surface area (Å²) in [6.45, 7) is 0. The molecule has 1 saturated carbocycles.